The van der Waals surface area contributed by atoms with Crippen LogP contribution in [0.5, 0.6) is 11.5 Å². The third kappa shape index (κ3) is 3.15. The SMILES string of the molecule is Cn1c(NCC2(c3ccc4c(c3)OCO4)CCOCC2)c(C#N)c(=O)n(C)c1=O. The van der Waals surface area contributed by atoms with Gasteiger partial charge in [0.25, 0.3) is 5.56 Å². The fraction of sp³-hybridized carbons (Fsp3) is 0.450. The van der Waals surface area contributed by atoms with Crippen LogP contribution in [-0.2, 0) is 24.2 Å². The average molecular weight is 398 g/mol. The minimum atomic E-state index is -0.609. The molecule has 1 saturated heterocycles. The van der Waals surface area contributed by atoms with E-state index in [0.717, 1.165) is 23.0 Å². The molecule has 1 N–H and O–H groups in total. The Balaban J connectivity index is 1.72. The summed E-state index contributed by atoms with van der Waals surface area (Å²) in [4.78, 5) is 24.7. The summed E-state index contributed by atoms with van der Waals surface area (Å²) in [6.45, 7) is 1.83. The van der Waals surface area contributed by atoms with Crippen LogP contribution < -0.4 is 26.0 Å². The fourth-order valence-electron chi connectivity index (χ4n) is 3.96. The molecule has 2 aliphatic rings. The lowest BCUT2D eigenvalue weighted by atomic mass is 9.74. The average Bonchev–Trinajstić information content (AvgIpc) is 3.22. The summed E-state index contributed by atoms with van der Waals surface area (Å²) in [6.07, 6.45) is 1.50. The number of ether oxygens (including phenoxy) is 3. The Labute approximate surface area is 167 Å². The number of nitrogens with zero attached hydrogens (tertiary/aromatic N) is 3. The van der Waals surface area contributed by atoms with Gasteiger partial charge in [0, 0.05) is 39.3 Å². The van der Waals surface area contributed by atoms with Gasteiger partial charge in [-0.1, -0.05) is 6.07 Å². The summed E-state index contributed by atoms with van der Waals surface area (Å²) in [5.74, 6) is 1.64. The van der Waals surface area contributed by atoms with Crippen molar-refractivity contribution in [2.75, 3.05) is 31.9 Å². The summed E-state index contributed by atoms with van der Waals surface area (Å²) < 4.78 is 18.7. The predicted molar refractivity (Wildman–Crippen MR) is 104 cm³/mol. The van der Waals surface area contributed by atoms with Gasteiger partial charge in [0.1, 0.15) is 11.9 Å². The second-order valence-electron chi connectivity index (χ2n) is 7.36. The standard InChI is InChI=1S/C20H22N4O5/c1-23-17(14(10-21)18(25)24(2)19(23)26)22-11-20(5-7-27-8-6-20)13-3-4-15-16(9-13)29-12-28-15/h3-4,9,22H,5-8,11-12H2,1-2H3. The summed E-state index contributed by atoms with van der Waals surface area (Å²) in [6, 6.07) is 7.81. The molecule has 3 heterocycles. The largest absolute Gasteiger partial charge is 0.454 e. The molecule has 29 heavy (non-hydrogen) atoms. The fourth-order valence-corrected chi connectivity index (χ4v) is 3.96. The zero-order chi connectivity index (χ0) is 20.6. The molecule has 0 radical (unpaired) electrons. The number of fused-ring (bicyclic) bond motifs is 1. The van der Waals surface area contributed by atoms with Gasteiger partial charge in [-0.3, -0.25) is 13.9 Å². The van der Waals surface area contributed by atoms with Crippen molar-refractivity contribution >= 4 is 5.82 Å². The maximum Gasteiger partial charge on any atom is 0.332 e. The molecule has 0 atom stereocenters. The van der Waals surface area contributed by atoms with E-state index in [4.69, 9.17) is 14.2 Å². The van der Waals surface area contributed by atoms with E-state index in [1.165, 1.54) is 11.6 Å². The van der Waals surface area contributed by atoms with Crippen molar-refractivity contribution in [3.8, 4) is 17.6 Å². The highest BCUT2D eigenvalue weighted by molar-refractivity contribution is 5.53. The van der Waals surface area contributed by atoms with Gasteiger partial charge in [0.05, 0.1) is 0 Å². The van der Waals surface area contributed by atoms with Crippen molar-refractivity contribution in [3.63, 3.8) is 0 Å². The van der Waals surface area contributed by atoms with E-state index in [0.29, 0.717) is 31.3 Å². The second-order valence-corrected chi connectivity index (χ2v) is 7.36. The summed E-state index contributed by atoms with van der Waals surface area (Å²) >= 11 is 0. The first-order chi connectivity index (χ1) is 14.0. The lowest BCUT2D eigenvalue weighted by molar-refractivity contribution is 0.0542. The lowest BCUT2D eigenvalue weighted by Gasteiger charge is -2.38. The topological polar surface area (TPSA) is 108 Å². The molecule has 0 saturated carbocycles. The predicted octanol–water partition coefficient (Wildman–Crippen LogP) is 0.845. The Morgan fingerprint density at radius 1 is 1.14 bits per heavy atom. The van der Waals surface area contributed by atoms with Crippen LogP contribution >= 0.6 is 0 Å². The molecular formula is C20H22N4O5. The summed E-state index contributed by atoms with van der Waals surface area (Å²) in [5.41, 5.74) is -0.418. The van der Waals surface area contributed by atoms with Crippen molar-refractivity contribution in [3.05, 3.63) is 50.2 Å². The number of rotatable bonds is 4. The Morgan fingerprint density at radius 2 is 1.86 bits per heavy atom. The zero-order valence-corrected chi connectivity index (χ0v) is 16.4. The van der Waals surface area contributed by atoms with Gasteiger partial charge in [-0.2, -0.15) is 5.26 Å². The molecule has 1 aromatic heterocycles. The molecular weight excluding hydrogens is 376 g/mol. The highest BCUT2D eigenvalue weighted by atomic mass is 16.7. The van der Waals surface area contributed by atoms with Crippen LogP contribution in [0.2, 0.25) is 0 Å². The van der Waals surface area contributed by atoms with Crippen LogP contribution in [0.1, 0.15) is 24.0 Å². The van der Waals surface area contributed by atoms with E-state index in [-0.39, 0.29) is 23.6 Å². The maximum absolute atomic E-state index is 12.4. The van der Waals surface area contributed by atoms with E-state index < -0.39 is 11.2 Å². The number of nitrogens with one attached hydrogen (secondary N) is 1. The Bertz CT molecular complexity index is 1110. The lowest BCUT2D eigenvalue weighted by Crippen LogP contribution is -2.43. The van der Waals surface area contributed by atoms with Gasteiger partial charge < -0.3 is 19.5 Å². The molecule has 0 unspecified atom stereocenters. The molecule has 4 rings (SSSR count). The Kier molecular flexibility index (Phi) is 4.80. The molecule has 2 aliphatic heterocycles. The van der Waals surface area contributed by atoms with E-state index in [1.807, 2.05) is 24.3 Å². The number of hydrogen-bond donors (Lipinski definition) is 1. The molecule has 2 aromatic rings. The molecule has 152 valence electrons. The van der Waals surface area contributed by atoms with Crippen molar-refractivity contribution in [2.45, 2.75) is 18.3 Å². The highest BCUT2D eigenvalue weighted by Gasteiger charge is 2.36. The minimum Gasteiger partial charge on any atom is -0.454 e. The zero-order valence-electron chi connectivity index (χ0n) is 16.4. The summed E-state index contributed by atoms with van der Waals surface area (Å²) in [7, 11) is 2.91. The first-order valence-electron chi connectivity index (χ1n) is 9.39. The number of nitriles is 1. The molecule has 1 aromatic carbocycles. The van der Waals surface area contributed by atoms with Gasteiger partial charge in [0.2, 0.25) is 6.79 Å². The van der Waals surface area contributed by atoms with Crippen molar-refractivity contribution in [1.82, 2.24) is 9.13 Å². The normalized spacial score (nSPS) is 17.0. The van der Waals surface area contributed by atoms with E-state index >= 15 is 0 Å². The van der Waals surface area contributed by atoms with Gasteiger partial charge in [-0.05, 0) is 30.5 Å². The second kappa shape index (κ2) is 7.29. The van der Waals surface area contributed by atoms with Gasteiger partial charge in [-0.25, -0.2) is 4.79 Å². The third-order valence-electron chi connectivity index (χ3n) is 5.81. The molecule has 1 fully saturated rings. The van der Waals surface area contributed by atoms with Gasteiger partial charge in [0.15, 0.2) is 17.1 Å². The van der Waals surface area contributed by atoms with E-state index in [9.17, 15) is 14.9 Å². The van der Waals surface area contributed by atoms with Crippen LogP contribution in [0.25, 0.3) is 0 Å². The van der Waals surface area contributed by atoms with Gasteiger partial charge in [-0.15, -0.1) is 0 Å². The van der Waals surface area contributed by atoms with Crippen LogP contribution in [0, 0.1) is 11.3 Å². The van der Waals surface area contributed by atoms with Crippen molar-refractivity contribution in [2.24, 2.45) is 14.1 Å². The number of benzene rings is 1. The van der Waals surface area contributed by atoms with E-state index in [2.05, 4.69) is 5.32 Å². The molecule has 0 spiro atoms. The molecule has 0 bridgehead atoms. The van der Waals surface area contributed by atoms with Crippen LogP contribution in [0.3, 0.4) is 0 Å². The van der Waals surface area contributed by atoms with Crippen molar-refractivity contribution < 1.29 is 14.2 Å². The quantitative estimate of drug-likeness (QED) is 0.813. The number of aromatic nitrogens is 2. The smallest absolute Gasteiger partial charge is 0.332 e. The first-order valence-corrected chi connectivity index (χ1v) is 9.39. The van der Waals surface area contributed by atoms with Gasteiger partial charge >= 0.3 is 5.69 Å². The third-order valence-corrected chi connectivity index (χ3v) is 5.81. The Morgan fingerprint density at radius 3 is 2.59 bits per heavy atom. The monoisotopic (exact) mass is 398 g/mol. The minimum absolute atomic E-state index is 0.0810. The maximum atomic E-state index is 12.4. The molecule has 0 aliphatic carbocycles. The molecule has 0 amide bonds. The highest BCUT2D eigenvalue weighted by Crippen LogP contribution is 2.41. The van der Waals surface area contributed by atoms with E-state index in [1.54, 1.807) is 7.05 Å². The number of anilines is 1. The van der Waals surface area contributed by atoms with Crippen LogP contribution in [0.4, 0.5) is 5.82 Å². The Hall–Kier alpha value is -3.25. The number of hydrogen-bond acceptors (Lipinski definition) is 7. The molecule has 9 nitrogen and oxygen atoms in total. The van der Waals surface area contributed by atoms with Crippen LogP contribution in [-0.4, -0.2) is 35.7 Å². The van der Waals surface area contributed by atoms with Crippen molar-refractivity contribution in [1.29, 1.82) is 5.26 Å². The summed E-state index contributed by atoms with van der Waals surface area (Å²) in [5, 5.41) is 12.7. The van der Waals surface area contributed by atoms with Crippen LogP contribution in [0.15, 0.2) is 27.8 Å². The molecule has 9 heteroatoms. The first kappa shape index (κ1) is 19.1.